The Morgan fingerprint density at radius 2 is 1.50 bits per heavy atom. The highest BCUT2D eigenvalue weighted by atomic mass is 16.3. The molecule has 0 N–H and O–H groups in total. The van der Waals surface area contributed by atoms with Crippen LogP contribution in [0.4, 0.5) is 0 Å². The molecule has 1 aliphatic heterocycles. The number of rotatable bonds is 4. The molecule has 2 heteroatoms. The van der Waals surface area contributed by atoms with E-state index >= 15 is 0 Å². The fourth-order valence-electron chi connectivity index (χ4n) is 3.82. The average Bonchev–Trinajstić information content (AvgIpc) is 2.65. The summed E-state index contributed by atoms with van der Waals surface area (Å²) in [4.78, 5) is 2.19. The summed E-state index contributed by atoms with van der Waals surface area (Å²) in [6.07, 6.45) is 2.62. The third-order valence-corrected chi connectivity index (χ3v) is 4.77. The molecule has 2 rings (SSSR count). The number of benzene rings is 1. The third-order valence-electron chi connectivity index (χ3n) is 4.77. The van der Waals surface area contributed by atoms with Gasteiger partial charge in [0.05, 0.1) is 0 Å². The first kappa shape index (κ1) is 13.6. The van der Waals surface area contributed by atoms with Crippen LogP contribution in [0.15, 0.2) is 24.3 Å². The minimum Gasteiger partial charge on any atom is -0.260 e. The van der Waals surface area contributed by atoms with Gasteiger partial charge in [-0.15, -0.1) is 0 Å². The molecule has 0 saturated heterocycles. The molecule has 99 valence electrons. The van der Waals surface area contributed by atoms with E-state index in [1.54, 1.807) is 0 Å². The average molecular weight is 246 g/mol. The van der Waals surface area contributed by atoms with Crippen LogP contribution in [-0.4, -0.2) is 11.4 Å². The SMILES string of the molecule is CCN1C([O])(CC)c2ccccc2C1(CC)CC. The summed E-state index contributed by atoms with van der Waals surface area (Å²) < 4.78 is 0. The summed E-state index contributed by atoms with van der Waals surface area (Å²) in [5.74, 6) is 0. The van der Waals surface area contributed by atoms with Gasteiger partial charge < -0.3 is 0 Å². The van der Waals surface area contributed by atoms with Crippen LogP contribution in [-0.2, 0) is 16.4 Å². The molecule has 2 nitrogen and oxygen atoms in total. The van der Waals surface area contributed by atoms with Gasteiger partial charge in [-0.25, -0.2) is 5.11 Å². The van der Waals surface area contributed by atoms with Crippen molar-refractivity contribution in [2.75, 3.05) is 6.54 Å². The van der Waals surface area contributed by atoms with Crippen LogP contribution < -0.4 is 0 Å². The van der Waals surface area contributed by atoms with E-state index in [-0.39, 0.29) is 5.54 Å². The van der Waals surface area contributed by atoms with Crippen LogP contribution in [0, 0.1) is 0 Å². The maximum absolute atomic E-state index is 13.3. The molecule has 0 amide bonds. The van der Waals surface area contributed by atoms with Crippen molar-refractivity contribution in [1.29, 1.82) is 0 Å². The summed E-state index contributed by atoms with van der Waals surface area (Å²) in [5, 5.41) is 13.3. The second kappa shape index (κ2) is 4.67. The van der Waals surface area contributed by atoms with E-state index in [9.17, 15) is 5.11 Å². The van der Waals surface area contributed by atoms with Crippen molar-refractivity contribution in [3.05, 3.63) is 35.4 Å². The Balaban J connectivity index is 2.70. The monoisotopic (exact) mass is 246 g/mol. The highest BCUT2D eigenvalue weighted by Gasteiger charge is 2.55. The van der Waals surface area contributed by atoms with Crippen LogP contribution in [0.5, 0.6) is 0 Å². The van der Waals surface area contributed by atoms with Gasteiger partial charge in [0.25, 0.3) is 0 Å². The van der Waals surface area contributed by atoms with Crippen LogP contribution in [0.25, 0.3) is 0 Å². The number of hydrogen-bond acceptors (Lipinski definition) is 1. The van der Waals surface area contributed by atoms with Gasteiger partial charge in [0.1, 0.15) is 0 Å². The maximum atomic E-state index is 13.3. The Bertz CT molecular complexity index is 425. The molecular formula is C16H24NO. The van der Waals surface area contributed by atoms with Crippen LogP contribution in [0.3, 0.4) is 0 Å². The Morgan fingerprint density at radius 1 is 0.944 bits per heavy atom. The molecule has 0 aliphatic carbocycles. The Morgan fingerprint density at radius 3 is 1.94 bits per heavy atom. The molecule has 1 atom stereocenters. The second-order valence-corrected chi connectivity index (χ2v) is 5.17. The largest absolute Gasteiger partial charge is 0.260 e. The van der Waals surface area contributed by atoms with Crippen molar-refractivity contribution in [2.45, 2.75) is 58.2 Å². The van der Waals surface area contributed by atoms with Gasteiger partial charge >= 0.3 is 0 Å². The zero-order valence-electron chi connectivity index (χ0n) is 12.0. The normalized spacial score (nSPS) is 26.3. The van der Waals surface area contributed by atoms with E-state index in [0.29, 0.717) is 6.42 Å². The number of nitrogens with zero attached hydrogens (tertiary/aromatic N) is 1. The lowest BCUT2D eigenvalue weighted by atomic mass is 9.84. The van der Waals surface area contributed by atoms with Gasteiger partial charge in [-0.3, -0.25) is 4.90 Å². The first-order chi connectivity index (χ1) is 8.60. The van der Waals surface area contributed by atoms with Crippen molar-refractivity contribution in [2.24, 2.45) is 0 Å². The molecule has 0 bridgehead atoms. The summed E-state index contributed by atoms with van der Waals surface area (Å²) >= 11 is 0. The highest BCUT2D eigenvalue weighted by molar-refractivity contribution is 5.43. The molecular weight excluding hydrogens is 222 g/mol. The molecule has 1 aliphatic rings. The van der Waals surface area contributed by atoms with E-state index in [1.807, 2.05) is 19.1 Å². The summed E-state index contributed by atoms with van der Waals surface area (Å²) in [6, 6.07) is 8.24. The first-order valence-corrected chi connectivity index (χ1v) is 7.18. The third kappa shape index (κ3) is 1.49. The summed E-state index contributed by atoms with van der Waals surface area (Å²) in [6.45, 7) is 9.32. The van der Waals surface area contributed by atoms with E-state index < -0.39 is 5.72 Å². The van der Waals surface area contributed by atoms with E-state index in [4.69, 9.17) is 0 Å². The lowest BCUT2D eigenvalue weighted by Crippen LogP contribution is -2.49. The Labute approximate surface area is 111 Å². The van der Waals surface area contributed by atoms with Crippen LogP contribution >= 0.6 is 0 Å². The van der Waals surface area contributed by atoms with Crippen LogP contribution in [0.2, 0.25) is 0 Å². The molecule has 1 aromatic carbocycles. The van der Waals surface area contributed by atoms with Gasteiger partial charge in [0.2, 0.25) is 0 Å². The fraction of sp³-hybridized carbons (Fsp3) is 0.625. The molecule has 0 aromatic heterocycles. The van der Waals surface area contributed by atoms with E-state index in [1.165, 1.54) is 5.56 Å². The Hall–Kier alpha value is -0.860. The molecule has 1 radical (unpaired) electrons. The van der Waals surface area contributed by atoms with Gasteiger partial charge in [0.15, 0.2) is 5.72 Å². The highest BCUT2D eigenvalue weighted by Crippen LogP contribution is 2.53. The number of fused-ring (bicyclic) bond motifs is 1. The topological polar surface area (TPSA) is 23.1 Å². The minimum atomic E-state index is -1.04. The minimum absolute atomic E-state index is 0.0664. The van der Waals surface area contributed by atoms with Crippen molar-refractivity contribution in [3.8, 4) is 0 Å². The summed E-state index contributed by atoms with van der Waals surface area (Å²) in [7, 11) is 0. The predicted octanol–water partition coefficient (Wildman–Crippen LogP) is 4.03. The van der Waals surface area contributed by atoms with Crippen LogP contribution in [0.1, 0.15) is 58.1 Å². The zero-order valence-corrected chi connectivity index (χ0v) is 12.0. The van der Waals surface area contributed by atoms with Gasteiger partial charge in [-0.2, -0.15) is 0 Å². The van der Waals surface area contributed by atoms with Crippen molar-refractivity contribution in [1.82, 2.24) is 4.90 Å². The zero-order chi connectivity index (χ0) is 13.4. The molecule has 1 unspecified atom stereocenters. The first-order valence-electron chi connectivity index (χ1n) is 7.18. The van der Waals surface area contributed by atoms with Gasteiger partial charge in [-0.05, 0) is 31.4 Å². The van der Waals surface area contributed by atoms with E-state index in [0.717, 1.165) is 24.9 Å². The predicted molar refractivity (Wildman–Crippen MR) is 73.7 cm³/mol. The smallest absolute Gasteiger partial charge is 0.183 e. The molecule has 0 spiro atoms. The molecule has 18 heavy (non-hydrogen) atoms. The molecule has 1 heterocycles. The van der Waals surface area contributed by atoms with Crippen molar-refractivity contribution >= 4 is 0 Å². The number of hydrogen-bond donors (Lipinski definition) is 0. The second-order valence-electron chi connectivity index (χ2n) is 5.17. The van der Waals surface area contributed by atoms with Gasteiger partial charge in [0, 0.05) is 11.1 Å². The van der Waals surface area contributed by atoms with Crippen molar-refractivity contribution < 1.29 is 5.11 Å². The fourth-order valence-corrected chi connectivity index (χ4v) is 3.82. The van der Waals surface area contributed by atoms with Crippen molar-refractivity contribution in [3.63, 3.8) is 0 Å². The molecule has 1 aromatic rings. The van der Waals surface area contributed by atoms with Gasteiger partial charge in [-0.1, -0.05) is 52.0 Å². The maximum Gasteiger partial charge on any atom is 0.183 e. The quantitative estimate of drug-likeness (QED) is 0.786. The molecule has 0 saturated carbocycles. The molecule has 0 fully saturated rings. The lowest BCUT2D eigenvalue weighted by molar-refractivity contribution is -0.191. The summed E-state index contributed by atoms with van der Waals surface area (Å²) in [5.41, 5.74) is 1.15. The standard InChI is InChI=1S/C16H24NO/c1-5-15(6-2)13-11-9-10-12-14(13)16(18,7-3)17(15)8-4/h9-12H,5-8H2,1-4H3. The lowest BCUT2D eigenvalue weighted by Gasteiger charge is -2.42. The van der Waals surface area contributed by atoms with E-state index in [2.05, 4.69) is 37.8 Å². The Kier molecular flexibility index (Phi) is 3.52.